The molecule has 0 aliphatic heterocycles. The molecule has 0 saturated heterocycles. The minimum absolute atomic E-state index is 0.394. The lowest BCUT2D eigenvalue weighted by molar-refractivity contribution is 0.230. The molecule has 0 fully saturated rings. The zero-order valence-electron chi connectivity index (χ0n) is 13.3. The maximum absolute atomic E-state index is 3.49. The highest BCUT2D eigenvalue weighted by Crippen LogP contribution is 2.21. The van der Waals surface area contributed by atoms with Crippen LogP contribution in [0, 0.1) is 6.92 Å². The van der Waals surface area contributed by atoms with E-state index in [1.54, 1.807) is 0 Å². The molecule has 2 nitrogen and oxygen atoms in total. The van der Waals surface area contributed by atoms with Gasteiger partial charge in [-0.3, -0.25) is 4.90 Å². The SMILES string of the molecule is CCNCC(c1ccccc1)N(C)Cc1ccccc1C. The number of benzene rings is 2. The molecule has 2 heteroatoms. The van der Waals surface area contributed by atoms with Crippen molar-refractivity contribution >= 4 is 0 Å². The van der Waals surface area contributed by atoms with Gasteiger partial charge in [0.25, 0.3) is 0 Å². The van der Waals surface area contributed by atoms with Gasteiger partial charge in [-0.05, 0) is 37.2 Å². The third-order valence-corrected chi connectivity index (χ3v) is 3.99. The summed E-state index contributed by atoms with van der Waals surface area (Å²) in [5.74, 6) is 0. The lowest BCUT2D eigenvalue weighted by Crippen LogP contribution is -2.33. The van der Waals surface area contributed by atoms with Gasteiger partial charge in [-0.1, -0.05) is 61.5 Å². The van der Waals surface area contributed by atoms with Gasteiger partial charge < -0.3 is 5.32 Å². The fourth-order valence-corrected chi connectivity index (χ4v) is 2.65. The monoisotopic (exact) mass is 282 g/mol. The third-order valence-electron chi connectivity index (χ3n) is 3.99. The third kappa shape index (κ3) is 4.42. The maximum Gasteiger partial charge on any atom is 0.0473 e. The molecule has 1 N–H and O–H groups in total. The average Bonchev–Trinajstić information content (AvgIpc) is 2.51. The Labute approximate surface area is 128 Å². The second kappa shape index (κ2) is 7.96. The van der Waals surface area contributed by atoms with E-state index < -0.39 is 0 Å². The first-order valence-corrected chi connectivity index (χ1v) is 7.72. The number of rotatable bonds is 7. The molecule has 1 unspecified atom stereocenters. The molecule has 0 aliphatic carbocycles. The quantitative estimate of drug-likeness (QED) is 0.831. The number of nitrogens with zero attached hydrogens (tertiary/aromatic N) is 1. The molecule has 0 aromatic heterocycles. The van der Waals surface area contributed by atoms with Crippen LogP contribution >= 0.6 is 0 Å². The van der Waals surface area contributed by atoms with E-state index in [2.05, 4.69) is 85.7 Å². The van der Waals surface area contributed by atoms with Crippen molar-refractivity contribution in [2.75, 3.05) is 20.1 Å². The van der Waals surface area contributed by atoms with Crippen molar-refractivity contribution in [3.05, 3.63) is 71.3 Å². The maximum atomic E-state index is 3.49. The van der Waals surface area contributed by atoms with Crippen molar-refractivity contribution in [1.82, 2.24) is 10.2 Å². The first kappa shape index (κ1) is 15.7. The molecule has 2 aromatic rings. The molecule has 0 aliphatic rings. The van der Waals surface area contributed by atoms with E-state index >= 15 is 0 Å². The molecule has 0 bridgehead atoms. The number of likely N-dealkylation sites (N-methyl/N-ethyl adjacent to an activating group) is 2. The van der Waals surface area contributed by atoms with E-state index in [-0.39, 0.29) is 0 Å². The Bertz CT molecular complexity index is 536. The Morgan fingerprint density at radius 1 is 1.00 bits per heavy atom. The highest BCUT2D eigenvalue weighted by atomic mass is 15.1. The van der Waals surface area contributed by atoms with Crippen molar-refractivity contribution in [3.63, 3.8) is 0 Å². The van der Waals surface area contributed by atoms with Gasteiger partial charge in [-0.15, -0.1) is 0 Å². The Morgan fingerprint density at radius 2 is 1.67 bits per heavy atom. The lowest BCUT2D eigenvalue weighted by Gasteiger charge is -2.29. The molecule has 0 heterocycles. The summed E-state index contributed by atoms with van der Waals surface area (Å²) >= 11 is 0. The van der Waals surface area contributed by atoms with Crippen LogP contribution in [0.5, 0.6) is 0 Å². The summed E-state index contributed by atoms with van der Waals surface area (Å²) in [6.45, 7) is 7.29. The number of hydrogen-bond donors (Lipinski definition) is 1. The van der Waals surface area contributed by atoms with E-state index in [0.29, 0.717) is 6.04 Å². The van der Waals surface area contributed by atoms with Gasteiger partial charge in [0.05, 0.1) is 0 Å². The van der Waals surface area contributed by atoms with Gasteiger partial charge in [-0.2, -0.15) is 0 Å². The molecular formula is C19H26N2. The summed E-state index contributed by atoms with van der Waals surface area (Å²) < 4.78 is 0. The van der Waals surface area contributed by atoms with Crippen LogP contribution in [0.1, 0.15) is 29.7 Å². The standard InChI is InChI=1S/C19H26N2/c1-4-20-14-19(17-11-6-5-7-12-17)21(3)15-18-13-9-8-10-16(18)2/h5-13,19-20H,4,14-15H2,1-3H3. The zero-order chi connectivity index (χ0) is 15.1. The van der Waals surface area contributed by atoms with E-state index in [9.17, 15) is 0 Å². The number of aryl methyl sites for hydroxylation is 1. The first-order chi connectivity index (χ1) is 10.2. The summed E-state index contributed by atoms with van der Waals surface area (Å²) in [4.78, 5) is 2.43. The van der Waals surface area contributed by atoms with Gasteiger partial charge in [-0.25, -0.2) is 0 Å². The summed E-state index contributed by atoms with van der Waals surface area (Å²) in [6, 6.07) is 19.8. The van der Waals surface area contributed by atoms with Crippen molar-refractivity contribution < 1.29 is 0 Å². The van der Waals surface area contributed by atoms with Gasteiger partial charge >= 0.3 is 0 Å². The molecule has 2 aromatic carbocycles. The minimum atomic E-state index is 0.394. The number of hydrogen-bond acceptors (Lipinski definition) is 2. The smallest absolute Gasteiger partial charge is 0.0473 e. The Morgan fingerprint density at radius 3 is 2.33 bits per heavy atom. The Kier molecular flexibility index (Phi) is 5.97. The normalized spacial score (nSPS) is 12.6. The van der Waals surface area contributed by atoms with Gasteiger partial charge in [0.15, 0.2) is 0 Å². The van der Waals surface area contributed by atoms with Crippen molar-refractivity contribution in [2.24, 2.45) is 0 Å². The highest BCUT2D eigenvalue weighted by Gasteiger charge is 2.17. The molecular weight excluding hydrogens is 256 g/mol. The summed E-state index contributed by atoms with van der Waals surface area (Å²) in [6.07, 6.45) is 0. The van der Waals surface area contributed by atoms with Crippen LogP contribution in [-0.4, -0.2) is 25.0 Å². The van der Waals surface area contributed by atoms with E-state index in [1.165, 1.54) is 16.7 Å². The largest absolute Gasteiger partial charge is 0.315 e. The average molecular weight is 282 g/mol. The van der Waals surface area contributed by atoms with Crippen molar-refractivity contribution in [2.45, 2.75) is 26.4 Å². The molecule has 0 amide bonds. The second-order valence-corrected chi connectivity index (χ2v) is 5.58. The minimum Gasteiger partial charge on any atom is -0.315 e. The fourth-order valence-electron chi connectivity index (χ4n) is 2.65. The Balaban J connectivity index is 2.14. The highest BCUT2D eigenvalue weighted by molar-refractivity contribution is 5.26. The molecule has 2 rings (SSSR count). The van der Waals surface area contributed by atoms with Crippen molar-refractivity contribution in [3.8, 4) is 0 Å². The van der Waals surface area contributed by atoms with Crippen LogP contribution in [0.3, 0.4) is 0 Å². The lowest BCUT2D eigenvalue weighted by atomic mass is 10.0. The molecule has 21 heavy (non-hydrogen) atoms. The molecule has 112 valence electrons. The molecule has 1 atom stereocenters. The van der Waals surface area contributed by atoms with E-state index in [0.717, 1.165) is 19.6 Å². The summed E-state index contributed by atoms with van der Waals surface area (Å²) in [5, 5.41) is 3.49. The van der Waals surface area contributed by atoms with E-state index in [4.69, 9.17) is 0 Å². The zero-order valence-corrected chi connectivity index (χ0v) is 13.3. The molecule has 0 saturated carbocycles. The van der Waals surface area contributed by atoms with Crippen LogP contribution in [-0.2, 0) is 6.54 Å². The fraction of sp³-hybridized carbons (Fsp3) is 0.368. The van der Waals surface area contributed by atoms with Crippen LogP contribution in [0.4, 0.5) is 0 Å². The summed E-state index contributed by atoms with van der Waals surface area (Å²) in [5.41, 5.74) is 4.13. The van der Waals surface area contributed by atoms with Crippen molar-refractivity contribution in [1.29, 1.82) is 0 Å². The second-order valence-electron chi connectivity index (χ2n) is 5.58. The predicted molar refractivity (Wildman–Crippen MR) is 90.4 cm³/mol. The number of nitrogens with one attached hydrogen (secondary N) is 1. The molecule has 0 spiro atoms. The van der Waals surface area contributed by atoms with Crippen LogP contribution in [0.15, 0.2) is 54.6 Å². The van der Waals surface area contributed by atoms with Crippen LogP contribution in [0.2, 0.25) is 0 Å². The van der Waals surface area contributed by atoms with Gasteiger partial charge in [0.1, 0.15) is 0 Å². The molecule has 0 radical (unpaired) electrons. The van der Waals surface area contributed by atoms with Gasteiger partial charge in [0.2, 0.25) is 0 Å². The predicted octanol–water partition coefficient (Wildman–Crippen LogP) is 3.78. The summed E-state index contributed by atoms with van der Waals surface area (Å²) in [7, 11) is 2.21. The first-order valence-electron chi connectivity index (χ1n) is 7.72. The Hall–Kier alpha value is -1.64. The van der Waals surface area contributed by atoms with Crippen LogP contribution in [0.25, 0.3) is 0 Å². The van der Waals surface area contributed by atoms with E-state index in [1.807, 2.05) is 0 Å². The van der Waals surface area contributed by atoms with Crippen LogP contribution < -0.4 is 5.32 Å². The topological polar surface area (TPSA) is 15.3 Å². The van der Waals surface area contributed by atoms with Gasteiger partial charge in [0, 0.05) is 19.1 Å².